The van der Waals surface area contributed by atoms with E-state index in [1.54, 1.807) is 6.20 Å². The van der Waals surface area contributed by atoms with Crippen LogP contribution in [0, 0.1) is 12.8 Å². The Labute approximate surface area is 150 Å². The minimum atomic E-state index is 0.157. The van der Waals surface area contributed by atoms with Crippen LogP contribution in [0.25, 0.3) is 0 Å². The van der Waals surface area contributed by atoms with Gasteiger partial charge in [-0.3, -0.25) is 14.4 Å². The average molecular weight is 340 g/mol. The van der Waals surface area contributed by atoms with Gasteiger partial charge in [0, 0.05) is 45.0 Å². The molecule has 1 aromatic heterocycles. The lowest BCUT2D eigenvalue weighted by Crippen LogP contribution is -2.31. The fraction of sp³-hybridized carbons (Fsp3) is 0.500. The Kier molecular flexibility index (Phi) is 6.23. The van der Waals surface area contributed by atoms with Crippen LogP contribution in [0.2, 0.25) is 0 Å². The smallest absolute Gasteiger partial charge is 0.220 e. The van der Waals surface area contributed by atoms with Gasteiger partial charge in [-0.05, 0) is 49.4 Å². The maximum absolute atomic E-state index is 12.0. The predicted molar refractivity (Wildman–Crippen MR) is 99.0 cm³/mol. The largest absolute Gasteiger partial charge is 0.356 e. The van der Waals surface area contributed by atoms with E-state index in [1.165, 1.54) is 17.5 Å². The number of hydrogen-bond acceptors (Lipinski definition) is 3. The average Bonchev–Trinajstić information content (AvgIpc) is 3.27. The molecule has 25 heavy (non-hydrogen) atoms. The van der Waals surface area contributed by atoms with E-state index in [9.17, 15) is 4.79 Å². The summed E-state index contributed by atoms with van der Waals surface area (Å²) in [6.45, 7) is 6.97. The van der Waals surface area contributed by atoms with Crippen molar-refractivity contribution in [2.24, 2.45) is 5.92 Å². The van der Waals surface area contributed by atoms with Crippen LogP contribution in [0.15, 0.2) is 42.7 Å². The number of amides is 1. The number of likely N-dealkylation sites (tertiary alicyclic amines) is 1. The molecule has 1 aromatic carbocycles. The first-order valence-electron chi connectivity index (χ1n) is 9.21. The molecule has 1 atom stereocenters. The second-order valence-electron chi connectivity index (χ2n) is 6.99. The van der Waals surface area contributed by atoms with E-state index < -0.39 is 0 Å². The minimum Gasteiger partial charge on any atom is -0.356 e. The summed E-state index contributed by atoms with van der Waals surface area (Å²) in [5.74, 6) is 0.726. The Balaban J connectivity index is 1.33. The molecule has 1 N–H and O–H groups in total. The molecular formula is C20H28N4O. The lowest BCUT2D eigenvalue weighted by molar-refractivity contribution is -0.121. The van der Waals surface area contributed by atoms with Crippen LogP contribution >= 0.6 is 0 Å². The molecule has 0 aliphatic carbocycles. The van der Waals surface area contributed by atoms with E-state index >= 15 is 0 Å². The van der Waals surface area contributed by atoms with E-state index in [4.69, 9.17) is 0 Å². The van der Waals surface area contributed by atoms with Crippen molar-refractivity contribution in [3.05, 3.63) is 53.9 Å². The third kappa shape index (κ3) is 5.43. The summed E-state index contributed by atoms with van der Waals surface area (Å²) in [4.78, 5) is 14.5. The first-order chi connectivity index (χ1) is 12.2. The molecule has 2 heterocycles. The van der Waals surface area contributed by atoms with Crippen molar-refractivity contribution in [1.82, 2.24) is 20.0 Å². The zero-order valence-corrected chi connectivity index (χ0v) is 15.0. The number of aromatic nitrogens is 2. The Morgan fingerprint density at radius 1 is 1.32 bits per heavy atom. The molecule has 134 valence electrons. The second kappa shape index (κ2) is 8.81. The van der Waals surface area contributed by atoms with Gasteiger partial charge < -0.3 is 5.32 Å². The zero-order valence-electron chi connectivity index (χ0n) is 15.0. The Hall–Kier alpha value is -2.14. The molecule has 1 amide bonds. The van der Waals surface area contributed by atoms with Crippen molar-refractivity contribution in [2.45, 2.75) is 39.3 Å². The Morgan fingerprint density at radius 3 is 3.00 bits per heavy atom. The minimum absolute atomic E-state index is 0.157. The summed E-state index contributed by atoms with van der Waals surface area (Å²) >= 11 is 0. The van der Waals surface area contributed by atoms with Gasteiger partial charge in [-0.15, -0.1) is 0 Å². The fourth-order valence-electron chi connectivity index (χ4n) is 3.43. The van der Waals surface area contributed by atoms with Gasteiger partial charge in [-0.1, -0.05) is 24.3 Å². The Morgan fingerprint density at radius 2 is 2.20 bits per heavy atom. The summed E-state index contributed by atoms with van der Waals surface area (Å²) in [6, 6.07) is 10.5. The number of hydrogen-bond donors (Lipinski definition) is 1. The number of carbonyl (C=O) groups is 1. The van der Waals surface area contributed by atoms with Crippen LogP contribution < -0.4 is 5.32 Å². The molecule has 3 rings (SSSR count). The third-order valence-electron chi connectivity index (χ3n) is 4.96. The monoisotopic (exact) mass is 340 g/mol. The number of aryl methyl sites for hydroxylation is 2. The van der Waals surface area contributed by atoms with E-state index in [-0.39, 0.29) is 5.91 Å². The number of carbonyl (C=O) groups excluding carboxylic acids is 1. The first-order valence-corrected chi connectivity index (χ1v) is 9.21. The zero-order chi connectivity index (χ0) is 17.5. The summed E-state index contributed by atoms with van der Waals surface area (Å²) < 4.78 is 1.87. The first kappa shape index (κ1) is 17.7. The van der Waals surface area contributed by atoms with Crippen molar-refractivity contribution in [3.63, 3.8) is 0 Å². The molecular weight excluding hydrogens is 312 g/mol. The number of rotatable bonds is 8. The molecule has 2 aromatic rings. The fourth-order valence-corrected chi connectivity index (χ4v) is 3.43. The van der Waals surface area contributed by atoms with Gasteiger partial charge in [0.1, 0.15) is 0 Å². The number of benzene rings is 1. The van der Waals surface area contributed by atoms with Crippen LogP contribution in [-0.2, 0) is 17.9 Å². The number of nitrogens with one attached hydrogen (secondary N) is 1. The summed E-state index contributed by atoms with van der Waals surface area (Å²) in [6.07, 6.45) is 6.26. The van der Waals surface area contributed by atoms with Crippen molar-refractivity contribution in [2.75, 3.05) is 19.6 Å². The van der Waals surface area contributed by atoms with E-state index in [1.807, 2.05) is 16.9 Å². The summed E-state index contributed by atoms with van der Waals surface area (Å²) in [5, 5.41) is 7.26. The molecule has 1 aliphatic rings. The topological polar surface area (TPSA) is 50.2 Å². The molecule has 5 nitrogen and oxygen atoms in total. The SMILES string of the molecule is Cc1ccccc1CN1CCC(CNC(=O)CCCn2cccn2)C1. The maximum atomic E-state index is 12.0. The second-order valence-corrected chi connectivity index (χ2v) is 6.99. The van der Waals surface area contributed by atoms with Gasteiger partial charge in [0.15, 0.2) is 0 Å². The van der Waals surface area contributed by atoms with Gasteiger partial charge >= 0.3 is 0 Å². The molecule has 0 radical (unpaired) electrons. The normalized spacial score (nSPS) is 17.7. The Bertz CT molecular complexity index is 668. The predicted octanol–water partition coefficient (Wildman–Crippen LogP) is 2.61. The van der Waals surface area contributed by atoms with Crippen LogP contribution in [0.3, 0.4) is 0 Å². The van der Waals surface area contributed by atoms with Crippen LogP contribution in [0.4, 0.5) is 0 Å². The standard InChI is InChI=1S/C20H28N4O/c1-17-6-2-3-7-19(17)16-23-13-9-18(15-23)14-21-20(25)8-4-11-24-12-5-10-22-24/h2-3,5-7,10,12,18H,4,8-9,11,13-16H2,1H3,(H,21,25). The summed E-state index contributed by atoms with van der Waals surface area (Å²) in [7, 11) is 0. The lowest BCUT2D eigenvalue weighted by Gasteiger charge is -2.17. The van der Waals surface area contributed by atoms with Gasteiger partial charge in [-0.25, -0.2) is 0 Å². The van der Waals surface area contributed by atoms with Crippen molar-refractivity contribution in [3.8, 4) is 0 Å². The molecule has 0 spiro atoms. The maximum Gasteiger partial charge on any atom is 0.220 e. The highest BCUT2D eigenvalue weighted by atomic mass is 16.1. The van der Waals surface area contributed by atoms with E-state index in [0.29, 0.717) is 12.3 Å². The molecule has 1 saturated heterocycles. The van der Waals surface area contributed by atoms with Crippen molar-refractivity contribution in [1.29, 1.82) is 0 Å². The van der Waals surface area contributed by atoms with Crippen LogP contribution in [-0.4, -0.2) is 40.2 Å². The third-order valence-corrected chi connectivity index (χ3v) is 4.96. The lowest BCUT2D eigenvalue weighted by atomic mass is 10.1. The van der Waals surface area contributed by atoms with E-state index in [2.05, 4.69) is 46.5 Å². The molecule has 0 saturated carbocycles. The molecule has 5 heteroatoms. The van der Waals surface area contributed by atoms with Gasteiger partial charge in [0.05, 0.1) is 0 Å². The highest BCUT2D eigenvalue weighted by molar-refractivity contribution is 5.75. The molecule has 1 aliphatic heterocycles. The summed E-state index contributed by atoms with van der Waals surface area (Å²) in [5.41, 5.74) is 2.77. The van der Waals surface area contributed by atoms with Crippen LogP contribution in [0.5, 0.6) is 0 Å². The number of nitrogens with zero attached hydrogens (tertiary/aromatic N) is 3. The van der Waals surface area contributed by atoms with Crippen molar-refractivity contribution < 1.29 is 4.79 Å². The van der Waals surface area contributed by atoms with Gasteiger partial charge in [-0.2, -0.15) is 5.10 Å². The molecule has 0 bridgehead atoms. The molecule has 1 unspecified atom stereocenters. The van der Waals surface area contributed by atoms with E-state index in [0.717, 1.165) is 39.1 Å². The van der Waals surface area contributed by atoms with Crippen molar-refractivity contribution >= 4 is 5.91 Å². The quantitative estimate of drug-likeness (QED) is 0.804. The van der Waals surface area contributed by atoms with Crippen LogP contribution in [0.1, 0.15) is 30.4 Å². The molecule has 1 fully saturated rings. The highest BCUT2D eigenvalue weighted by Crippen LogP contribution is 2.19. The van der Waals surface area contributed by atoms with Gasteiger partial charge in [0.25, 0.3) is 0 Å². The highest BCUT2D eigenvalue weighted by Gasteiger charge is 2.23. The van der Waals surface area contributed by atoms with Gasteiger partial charge in [0.2, 0.25) is 5.91 Å².